The van der Waals surface area contributed by atoms with Crippen molar-refractivity contribution >= 4 is 17.7 Å². The molecule has 1 aromatic rings. The normalized spacial score (nSPS) is 42.7. The van der Waals surface area contributed by atoms with Gasteiger partial charge in [-0.15, -0.1) is 0 Å². The van der Waals surface area contributed by atoms with Crippen molar-refractivity contribution in [1.82, 2.24) is 4.90 Å². The number of nitrogens with zero attached hydrogens (tertiary/aromatic N) is 1. The summed E-state index contributed by atoms with van der Waals surface area (Å²) in [5.74, 6) is -3.79. The van der Waals surface area contributed by atoms with Crippen LogP contribution in [-0.2, 0) is 47.5 Å². The van der Waals surface area contributed by atoms with Crippen molar-refractivity contribution in [1.29, 1.82) is 0 Å². The van der Waals surface area contributed by atoms with Crippen LogP contribution in [0.1, 0.15) is 105 Å². The number of cyclic esters (lactones) is 1. The minimum Gasteiger partial charge on any atom is -0.459 e. The quantitative estimate of drug-likeness (QED) is 0.293. The predicted octanol–water partition coefficient (Wildman–Crippen LogP) is 5.25. The Kier molecular flexibility index (Phi) is 16.5. The van der Waals surface area contributed by atoms with Crippen LogP contribution in [0.2, 0.25) is 0 Å². The molecule has 59 heavy (non-hydrogen) atoms. The van der Waals surface area contributed by atoms with Gasteiger partial charge in [0, 0.05) is 32.5 Å². The van der Waals surface area contributed by atoms with Crippen LogP contribution in [-0.4, -0.2) is 139 Å². The van der Waals surface area contributed by atoms with Crippen molar-refractivity contribution in [3.05, 3.63) is 47.5 Å². The van der Waals surface area contributed by atoms with Gasteiger partial charge in [-0.3, -0.25) is 9.59 Å². The van der Waals surface area contributed by atoms with Crippen molar-refractivity contribution in [2.24, 2.45) is 17.8 Å². The van der Waals surface area contributed by atoms with Gasteiger partial charge in [-0.2, -0.15) is 0 Å². The number of allylic oxidation sites excluding steroid dienone is 1. The Morgan fingerprint density at radius 1 is 0.915 bits per heavy atom. The second-order valence-corrected chi connectivity index (χ2v) is 17.9. The number of rotatable bonds is 10. The number of hydrogen-bond donors (Lipinski definition) is 2. The molecule has 0 saturated carbocycles. The number of Topliss-reactive ketones (excluding diaryl/α,β-unsaturated/α-hetero) is 1. The summed E-state index contributed by atoms with van der Waals surface area (Å²) in [6.45, 7) is 17.6. The molecule has 14 heteroatoms. The lowest BCUT2D eigenvalue weighted by molar-refractivity contribution is -0.318. The van der Waals surface area contributed by atoms with E-state index >= 15 is 0 Å². The first kappa shape index (κ1) is 48.9. The van der Waals surface area contributed by atoms with E-state index in [4.69, 9.17) is 37.9 Å². The third kappa shape index (κ3) is 11.2. The number of aliphatic hydroxyl groups excluding tert-OH is 1. The fraction of sp³-hybridized carbons (Fsp3) is 0.756. The summed E-state index contributed by atoms with van der Waals surface area (Å²) in [5.41, 5.74) is -3.30. The van der Waals surface area contributed by atoms with Gasteiger partial charge in [-0.05, 0) is 106 Å². The molecule has 2 fully saturated rings. The van der Waals surface area contributed by atoms with Crippen molar-refractivity contribution in [3.8, 4) is 0 Å². The molecule has 0 aliphatic carbocycles. The maximum atomic E-state index is 14.4. The number of hydrogen-bond acceptors (Lipinski definition) is 14. The number of carbonyl (C=O) groups is 3. The number of ketones is 1. The number of aliphatic hydroxyl groups is 2. The molecule has 0 amide bonds. The largest absolute Gasteiger partial charge is 0.459 e. The van der Waals surface area contributed by atoms with Crippen LogP contribution in [0.25, 0.3) is 0 Å². The maximum Gasteiger partial charge on any atom is 0.338 e. The van der Waals surface area contributed by atoms with Gasteiger partial charge in [-0.25, -0.2) is 4.79 Å². The molecule has 0 spiro atoms. The Balaban J connectivity index is 1.90. The van der Waals surface area contributed by atoms with E-state index in [0.29, 0.717) is 17.6 Å². The van der Waals surface area contributed by atoms with Crippen molar-refractivity contribution in [2.45, 2.75) is 173 Å². The highest BCUT2D eigenvalue weighted by molar-refractivity contribution is 5.96. The maximum absolute atomic E-state index is 14.4. The van der Waals surface area contributed by atoms with Crippen LogP contribution in [0.5, 0.6) is 0 Å². The Labute approximate surface area is 351 Å². The highest BCUT2D eigenvalue weighted by Gasteiger charge is 2.53. The highest BCUT2D eigenvalue weighted by Crippen LogP contribution is 2.41. The predicted molar refractivity (Wildman–Crippen MR) is 219 cm³/mol. The van der Waals surface area contributed by atoms with E-state index in [0.717, 1.165) is 0 Å². The summed E-state index contributed by atoms with van der Waals surface area (Å²) in [6, 6.07) is 8.38. The zero-order valence-electron chi connectivity index (χ0n) is 37.6. The molecule has 0 bridgehead atoms. The van der Waals surface area contributed by atoms with Gasteiger partial charge in [0.2, 0.25) is 0 Å². The van der Waals surface area contributed by atoms with Crippen molar-refractivity contribution in [3.63, 3.8) is 0 Å². The Bertz CT molecular complexity index is 1600. The monoisotopic (exact) mass is 833 g/mol. The van der Waals surface area contributed by atoms with E-state index in [1.807, 2.05) is 45.8 Å². The highest BCUT2D eigenvalue weighted by atomic mass is 16.7. The second-order valence-electron chi connectivity index (χ2n) is 17.9. The van der Waals surface area contributed by atoms with E-state index in [2.05, 4.69) is 0 Å². The minimum atomic E-state index is -1.67. The van der Waals surface area contributed by atoms with E-state index in [1.165, 1.54) is 27.2 Å². The van der Waals surface area contributed by atoms with Gasteiger partial charge >= 0.3 is 11.9 Å². The van der Waals surface area contributed by atoms with E-state index < -0.39 is 95.7 Å². The molecular formula is C45H71NO13. The standard InChI is InChI=1S/C45H71NO13/c1-15-33-43(8,51)22-25(2)35(47)26(3)23-45(10,53-14)39(28(5)36(29(6)40(49)56-33)57-34-24-44(9,52-13)38(48)30(7)55-34)59-42-37(32(46(11)12)21-27(4)54-42)58-41(50)31-19-17-16-18-20-31/h16-20,22,26-30,32-34,36-39,42,48,51H,15,21,23-24H2,1-14H3/b25-22+/t26-,27-,28+,29-,30+,32+,33-,34?,36+,37-,38+,39-,42?,43+,44-,45-/m1/s1. The molecule has 14 nitrogen and oxygen atoms in total. The van der Waals surface area contributed by atoms with Crippen LogP contribution in [0.3, 0.4) is 0 Å². The van der Waals surface area contributed by atoms with E-state index in [1.54, 1.807) is 65.8 Å². The number of ether oxygens (including phenoxy) is 8. The summed E-state index contributed by atoms with van der Waals surface area (Å²) in [5, 5.41) is 22.7. The lowest BCUT2D eigenvalue weighted by Gasteiger charge is -2.50. The van der Waals surface area contributed by atoms with Crippen LogP contribution in [0.4, 0.5) is 0 Å². The molecule has 2 N–H and O–H groups in total. The topological polar surface area (TPSA) is 169 Å². The van der Waals surface area contributed by atoms with E-state index in [9.17, 15) is 24.6 Å². The van der Waals surface area contributed by atoms with Crippen LogP contribution >= 0.6 is 0 Å². The average molecular weight is 834 g/mol. The van der Waals surface area contributed by atoms with Crippen LogP contribution in [0.15, 0.2) is 42.0 Å². The van der Waals surface area contributed by atoms with E-state index in [-0.39, 0.29) is 37.2 Å². The first-order chi connectivity index (χ1) is 27.5. The molecule has 0 aromatic heterocycles. The molecule has 0 radical (unpaired) electrons. The molecule has 2 unspecified atom stereocenters. The zero-order valence-corrected chi connectivity index (χ0v) is 37.6. The third-order valence-electron chi connectivity index (χ3n) is 12.8. The first-order valence-electron chi connectivity index (χ1n) is 21.0. The molecule has 16 atom stereocenters. The molecule has 3 aliphatic heterocycles. The lowest BCUT2D eigenvalue weighted by atomic mass is 9.76. The zero-order chi connectivity index (χ0) is 44.2. The van der Waals surface area contributed by atoms with Gasteiger partial charge < -0.3 is 53.0 Å². The lowest BCUT2D eigenvalue weighted by Crippen LogP contribution is -2.61. The van der Waals surface area contributed by atoms with Crippen LogP contribution in [0, 0.1) is 17.8 Å². The average Bonchev–Trinajstić information content (AvgIpc) is 3.19. The number of esters is 2. The third-order valence-corrected chi connectivity index (χ3v) is 12.8. The molecule has 3 aliphatic rings. The Morgan fingerprint density at radius 3 is 2.12 bits per heavy atom. The number of methoxy groups -OCH3 is 2. The van der Waals surface area contributed by atoms with Crippen molar-refractivity contribution in [2.75, 3.05) is 28.3 Å². The first-order valence-corrected chi connectivity index (χ1v) is 21.0. The molecule has 1 aromatic carbocycles. The molecule has 4 rings (SSSR count). The van der Waals surface area contributed by atoms with Crippen molar-refractivity contribution < 1.29 is 62.5 Å². The van der Waals surface area contributed by atoms with Crippen LogP contribution < -0.4 is 0 Å². The summed E-state index contributed by atoms with van der Waals surface area (Å²) in [4.78, 5) is 44.1. The summed E-state index contributed by atoms with van der Waals surface area (Å²) in [6.07, 6.45) is -5.44. The van der Waals surface area contributed by atoms with Gasteiger partial charge in [0.1, 0.15) is 17.8 Å². The Hall–Kier alpha value is -2.79. The molecule has 3 heterocycles. The van der Waals surface area contributed by atoms with Gasteiger partial charge in [0.05, 0.1) is 53.1 Å². The van der Waals surface area contributed by atoms with Gasteiger partial charge in [0.15, 0.2) is 24.5 Å². The summed E-state index contributed by atoms with van der Waals surface area (Å²) in [7, 11) is 6.86. The number of benzene rings is 1. The molecule has 2 saturated heterocycles. The minimum absolute atomic E-state index is 0.125. The van der Waals surface area contributed by atoms with Gasteiger partial charge in [-0.1, -0.05) is 39.0 Å². The fourth-order valence-corrected chi connectivity index (χ4v) is 9.14. The second kappa shape index (κ2) is 19.9. The van der Waals surface area contributed by atoms with Gasteiger partial charge in [0.25, 0.3) is 0 Å². The summed E-state index contributed by atoms with van der Waals surface area (Å²) >= 11 is 0. The molecular weight excluding hydrogens is 762 g/mol. The smallest absolute Gasteiger partial charge is 0.338 e. The fourth-order valence-electron chi connectivity index (χ4n) is 9.14. The number of likely N-dealkylation sites (N-methyl/N-ethyl adjacent to an activating group) is 1. The number of carbonyl (C=O) groups excluding carboxylic acids is 3. The Morgan fingerprint density at radius 2 is 1.54 bits per heavy atom. The molecule has 334 valence electrons. The SMILES string of the molecule is CC[C@H]1OC(=O)[C@H](C)[C@@H](OC2C[C@@](C)(OC)[C@@H](O)[C@H](C)O2)[C@H](C)[C@@H](OC2O[C@H](C)C[C@H](N(C)C)[C@H]2OC(=O)c2ccccc2)[C@](C)(OC)C[C@@H](C)C(=O)/C(C)=C/[C@]1(C)O. The summed E-state index contributed by atoms with van der Waals surface area (Å²) < 4.78 is 51.3.